The van der Waals surface area contributed by atoms with E-state index < -0.39 is 5.97 Å². The average molecular weight is 340 g/mol. The number of benzene rings is 1. The second-order valence-electron chi connectivity index (χ2n) is 5.43. The number of nitrogens with zero attached hydrogens (tertiary/aromatic N) is 3. The molecule has 3 heterocycles. The third kappa shape index (κ3) is 2.28. The summed E-state index contributed by atoms with van der Waals surface area (Å²) in [5.74, 6) is 6.17. The molecule has 1 aromatic carbocycles. The van der Waals surface area contributed by atoms with Crippen LogP contribution >= 0.6 is 11.8 Å². The number of hydrogen-bond acceptors (Lipinski definition) is 5. The minimum absolute atomic E-state index is 0.0835. The maximum absolute atomic E-state index is 10.9. The van der Waals surface area contributed by atoms with Crippen molar-refractivity contribution in [3.8, 4) is 0 Å². The van der Waals surface area contributed by atoms with Crippen LogP contribution < -0.4 is 5.84 Å². The Kier molecular flexibility index (Phi) is 3.38. The van der Waals surface area contributed by atoms with Crippen molar-refractivity contribution < 1.29 is 14.5 Å². The zero-order valence-electron chi connectivity index (χ0n) is 12.5. The van der Waals surface area contributed by atoms with E-state index in [0.717, 1.165) is 28.4 Å². The Morgan fingerprint density at radius 3 is 3.00 bits per heavy atom. The third-order valence-corrected chi connectivity index (χ3v) is 4.83. The van der Waals surface area contributed by atoms with Crippen molar-refractivity contribution >= 4 is 40.7 Å². The molecule has 24 heavy (non-hydrogen) atoms. The van der Waals surface area contributed by atoms with Gasteiger partial charge in [-0.05, 0) is 12.1 Å². The lowest BCUT2D eigenvalue weighted by Crippen LogP contribution is -2.53. The van der Waals surface area contributed by atoms with Crippen LogP contribution in [-0.2, 0) is 4.79 Å². The summed E-state index contributed by atoms with van der Waals surface area (Å²) in [7, 11) is 0. The number of aliphatic imine (C=N–C) groups is 2. The van der Waals surface area contributed by atoms with Gasteiger partial charge in [-0.15, -0.1) is 4.59 Å². The summed E-state index contributed by atoms with van der Waals surface area (Å²) in [6.45, 7) is 0. The predicted octanol–water partition coefficient (Wildman–Crippen LogP) is 2.16. The fraction of sp³-hybridized carbons (Fsp3) is 0.0625. The minimum Gasteiger partial charge on any atom is -0.481 e. The number of rotatable bonds is 4. The molecule has 4 rings (SSSR count). The number of hydrogen-bond donors (Lipinski definition) is 3. The molecule has 7 nitrogen and oxygen atoms in total. The first kappa shape index (κ1) is 14.9. The molecular formula is C16H14N5O2S+. The van der Waals surface area contributed by atoms with E-state index in [1.165, 1.54) is 0 Å². The molecule has 0 amide bonds. The van der Waals surface area contributed by atoms with E-state index in [-0.39, 0.29) is 10.3 Å². The first-order chi connectivity index (χ1) is 11.6. The third-order valence-electron chi connectivity index (χ3n) is 3.86. The summed E-state index contributed by atoms with van der Waals surface area (Å²) in [5, 5.41) is 10.6. The fourth-order valence-corrected chi connectivity index (χ4v) is 3.52. The normalized spacial score (nSPS) is 22.1. The van der Waals surface area contributed by atoms with Gasteiger partial charge < -0.3 is 10.1 Å². The molecule has 1 unspecified atom stereocenters. The van der Waals surface area contributed by atoms with Crippen LogP contribution in [0.3, 0.4) is 0 Å². The molecular weight excluding hydrogens is 326 g/mol. The Morgan fingerprint density at radius 1 is 1.38 bits per heavy atom. The second-order valence-corrected chi connectivity index (χ2v) is 6.40. The highest BCUT2D eigenvalue weighted by Gasteiger charge is 2.45. The summed E-state index contributed by atoms with van der Waals surface area (Å²) < 4.78 is -0.127. The van der Waals surface area contributed by atoms with E-state index in [0.29, 0.717) is 16.6 Å². The number of fused-ring (bicyclic) bond motifs is 2. The molecule has 0 bridgehead atoms. The maximum Gasteiger partial charge on any atom is 0.313 e. The van der Waals surface area contributed by atoms with Crippen LogP contribution in [0.25, 0.3) is 10.9 Å². The zero-order valence-corrected chi connectivity index (χ0v) is 13.3. The Bertz CT molecular complexity index is 939. The Labute approximate surface area is 141 Å². The van der Waals surface area contributed by atoms with Crippen LogP contribution in [0.2, 0.25) is 0 Å². The molecule has 120 valence electrons. The number of aromatic nitrogens is 1. The Balaban J connectivity index is 1.80. The molecule has 0 spiro atoms. The quantitative estimate of drug-likeness (QED) is 0.586. The number of amidine groups is 1. The summed E-state index contributed by atoms with van der Waals surface area (Å²) in [6.07, 6.45) is 4.98. The maximum atomic E-state index is 10.9. The number of carboxylic acid groups (broad SMARTS) is 1. The van der Waals surface area contributed by atoms with Crippen LogP contribution in [0, 0.1) is 0 Å². The number of nitrogens with two attached hydrogens (primary N) is 1. The van der Waals surface area contributed by atoms with E-state index in [9.17, 15) is 4.79 Å². The highest BCUT2D eigenvalue weighted by atomic mass is 32.2. The number of quaternary nitrogens is 1. The van der Waals surface area contributed by atoms with E-state index in [1.54, 1.807) is 18.6 Å². The van der Waals surface area contributed by atoms with Gasteiger partial charge in [0.2, 0.25) is 5.70 Å². The molecule has 1 atom stereocenters. The number of aliphatic carboxylic acids is 1. The number of allylic oxidation sites excluding steroid dienone is 1. The van der Waals surface area contributed by atoms with Crippen LogP contribution in [0.5, 0.6) is 0 Å². The number of thioether (sulfide) groups is 1. The number of carboxylic acids is 1. The SMILES string of the molecule is N[N+]12C=CN=CC1=C(SCC(=O)O)N=C2c1cc2ccccc2[nH]1. The van der Waals surface area contributed by atoms with Gasteiger partial charge in [-0.3, -0.25) is 9.79 Å². The van der Waals surface area contributed by atoms with Crippen molar-refractivity contribution in [3.63, 3.8) is 0 Å². The molecule has 1 aromatic heterocycles. The van der Waals surface area contributed by atoms with Crippen LogP contribution in [0.15, 0.2) is 63.4 Å². The Morgan fingerprint density at radius 2 is 2.21 bits per heavy atom. The second kappa shape index (κ2) is 5.45. The van der Waals surface area contributed by atoms with E-state index in [4.69, 9.17) is 10.9 Å². The van der Waals surface area contributed by atoms with Crippen LogP contribution in [0.4, 0.5) is 0 Å². The van der Waals surface area contributed by atoms with Crippen LogP contribution in [-0.4, -0.2) is 38.5 Å². The molecule has 0 saturated heterocycles. The van der Waals surface area contributed by atoms with E-state index in [1.807, 2.05) is 30.3 Å². The zero-order chi connectivity index (χ0) is 16.7. The van der Waals surface area contributed by atoms with Crippen molar-refractivity contribution in [1.29, 1.82) is 0 Å². The number of carbonyl (C=O) groups is 1. The van der Waals surface area contributed by atoms with Gasteiger partial charge in [0.25, 0.3) is 5.84 Å². The molecule has 0 aliphatic carbocycles. The van der Waals surface area contributed by atoms with E-state index >= 15 is 0 Å². The highest BCUT2D eigenvalue weighted by Crippen LogP contribution is 2.36. The average Bonchev–Trinajstić information content (AvgIpc) is 3.10. The lowest BCUT2D eigenvalue weighted by Gasteiger charge is -2.25. The highest BCUT2D eigenvalue weighted by molar-refractivity contribution is 8.03. The molecule has 0 saturated carbocycles. The van der Waals surface area contributed by atoms with Gasteiger partial charge in [0.1, 0.15) is 11.9 Å². The summed E-state index contributed by atoms with van der Waals surface area (Å²) in [6, 6.07) is 9.90. The monoisotopic (exact) mass is 340 g/mol. The largest absolute Gasteiger partial charge is 0.481 e. The summed E-state index contributed by atoms with van der Waals surface area (Å²) >= 11 is 1.14. The molecule has 0 radical (unpaired) electrons. The van der Waals surface area contributed by atoms with Gasteiger partial charge in [-0.1, -0.05) is 30.0 Å². The number of aromatic amines is 1. The molecule has 8 heteroatoms. The predicted molar refractivity (Wildman–Crippen MR) is 94.0 cm³/mol. The lowest BCUT2D eigenvalue weighted by atomic mass is 10.2. The number of para-hydroxylation sites is 1. The molecule has 2 aliphatic heterocycles. The van der Waals surface area contributed by atoms with Crippen LogP contribution in [0.1, 0.15) is 5.69 Å². The first-order valence-electron chi connectivity index (χ1n) is 7.23. The summed E-state index contributed by atoms with van der Waals surface area (Å²) in [5.41, 5.74) is 2.45. The smallest absolute Gasteiger partial charge is 0.313 e. The van der Waals surface area contributed by atoms with Gasteiger partial charge in [-0.2, -0.15) is 10.8 Å². The first-order valence-corrected chi connectivity index (χ1v) is 8.21. The molecule has 4 N–H and O–H groups in total. The topological polar surface area (TPSA) is 104 Å². The standard InChI is InChI=1S/C16H13N5O2S/c17-21-6-5-18-8-13(21)16(24-9-14(22)23)20-15(21)12-7-10-3-1-2-4-11(10)19-12/h1-8H,9,17H2,(H-,18,19,20,22,23)/p+1. The van der Waals surface area contributed by atoms with Gasteiger partial charge in [0, 0.05) is 10.9 Å². The van der Waals surface area contributed by atoms with Crippen molar-refractivity contribution in [2.24, 2.45) is 15.8 Å². The van der Waals surface area contributed by atoms with Crippen molar-refractivity contribution in [2.45, 2.75) is 0 Å². The van der Waals surface area contributed by atoms with E-state index in [2.05, 4.69) is 15.0 Å². The van der Waals surface area contributed by atoms with Crippen molar-refractivity contribution in [3.05, 3.63) is 59.2 Å². The molecule has 2 aromatic rings. The number of H-pyrrole nitrogens is 1. The summed E-state index contributed by atoms with van der Waals surface area (Å²) in [4.78, 5) is 22.9. The number of nitrogens with one attached hydrogen (secondary N) is 1. The fourth-order valence-electron chi connectivity index (χ4n) is 2.76. The lowest BCUT2D eigenvalue weighted by molar-refractivity contribution is -0.750. The minimum atomic E-state index is -0.902. The van der Waals surface area contributed by atoms with Crippen molar-refractivity contribution in [2.75, 3.05) is 5.75 Å². The van der Waals surface area contributed by atoms with Gasteiger partial charge in [0.05, 0.1) is 18.2 Å². The van der Waals surface area contributed by atoms with Gasteiger partial charge >= 0.3 is 5.97 Å². The Hall–Kier alpha value is -2.68. The van der Waals surface area contributed by atoms with Gasteiger partial charge in [-0.25, -0.2) is 0 Å². The molecule has 0 fully saturated rings. The molecule has 2 aliphatic rings. The van der Waals surface area contributed by atoms with Crippen molar-refractivity contribution in [1.82, 2.24) is 4.98 Å². The van der Waals surface area contributed by atoms with Gasteiger partial charge in [0.15, 0.2) is 5.03 Å².